The first-order valence-electron chi connectivity index (χ1n) is 11.6. The normalized spacial score (nSPS) is 18.3. The predicted molar refractivity (Wildman–Crippen MR) is 144 cm³/mol. The van der Waals surface area contributed by atoms with Crippen LogP contribution in [0.15, 0.2) is 92.6 Å². The van der Waals surface area contributed by atoms with Crippen molar-refractivity contribution in [2.24, 2.45) is 5.92 Å². The first-order chi connectivity index (χ1) is 16.7. The lowest BCUT2D eigenvalue weighted by atomic mass is 10.0. The topological polar surface area (TPSA) is 81.2 Å². The van der Waals surface area contributed by atoms with Crippen LogP contribution in [0.4, 0.5) is 0 Å². The number of carbonyl (C=O) groups is 1. The van der Waals surface area contributed by atoms with Crippen LogP contribution in [0.25, 0.3) is 0 Å². The third-order valence-corrected chi connectivity index (χ3v) is 12.3. The highest BCUT2D eigenvalue weighted by atomic mass is 79.9. The Bertz CT molecular complexity index is 1300. The van der Waals surface area contributed by atoms with E-state index < -0.39 is 19.6 Å². The summed E-state index contributed by atoms with van der Waals surface area (Å²) >= 11 is 3.19. The molecule has 6 nitrogen and oxygen atoms in total. The summed E-state index contributed by atoms with van der Waals surface area (Å²) in [6.45, 7) is 6.99. The molecule has 0 radical (unpaired) electrons. The molecule has 8 heteroatoms. The Balaban J connectivity index is 1.70. The predicted octanol–water partition coefficient (Wildman–Crippen LogP) is 3.56. The second-order valence-electron chi connectivity index (χ2n) is 9.90. The molecule has 0 amide bonds. The van der Waals surface area contributed by atoms with Gasteiger partial charge in [-0.05, 0) is 43.3 Å². The molecule has 182 valence electrons. The molecule has 0 unspecified atom stereocenters. The van der Waals surface area contributed by atoms with Crippen LogP contribution in [0, 0.1) is 5.92 Å². The quantitative estimate of drug-likeness (QED) is 0.359. The molecule has 0 spiro atoms. The van der Waals surface area contributed by atoms with Crippen molar-refractivity contribution >= 4 is 40.9 Å². The van der Waals surface area contributed by atoms with Gasteiger partial charge in [-0.1, -0.05) is 87.5 Å². The molecule has 0 saturated carbocycles. The molecule has 2 atom stereocenters. The van der Waals surface area contributed by atoms with E-state index in [1.807, 2.05) is 36.4 Å². The van der Waals surface area contributed by atoms with Crippen LogP contribution < -0.4 is 21.6 Å². The molecular formula is C27H29BrN2O4Si. The number of nitrogens with zero attached hydrogens (tertiary/aromatic N) is 1. The zero-order chi connectivity index (χ0) is 25.2. The number of H-pyrrole nitrogens is 1. The van der Waals surface area contributed by atoms with Crippen molar-refractivity contribution in [2.45, 2.75) is 38.3 Å². The number of aromatic nitrogens is 2. The summed E-state index contributed by atoms with van der Waals surface area (Å²) in [7, 11) is -2.75. The lowest BCUT2D eigenvalue weighted by Crippen LogP contribution is -2.66. The zero-order valence-corrected chi connectivity index (χ0v) is 22.6. The number of halogens is 1. The third-order valence-electron chi connectivity index (χ3n) is 6.72. The molecule has 0 aliphatic heterocycles. The minimum atomic E-state index is -2.75. The molecule has 4 rings (SSSR count). The Morgan fingerprint density at radius 2 is 1.63 bits per heavy atom. The first-order valence-corrected chi connectivity index (χ1v) is 14.3. The van der Waals surface area contributed by atoms with Crippen LogP contribution in [0.1, 0.15) is 33.2 Å². The standard InChI is InChI=1S/C27H29BrN2O4Si/c1-27(2,3)35(22-10-6-4-7-11-22,23-12-8-5-9-13-23)34-18-20-15-21(14-19(20)17-31)30-16-24(28)25(32)29-26(30)33/h4-14,16-17,20-21H,15,18H2,1-3H3,(H,29,32,33)/t20-,21+/m1/s1. The van der Waals surface area contributed by atoms with Gasteiger partial charge in [-0.25, -0.2) is 4.79 Å². The van der Waals surface area contributed by atoms with E-state index in [4.69, 9.17) is 4.43 Å². The van der Waals surface area contributed by atoms with E-state index in [2.05, 4.69) is 66.0 Å². The van der Waals surface area contributed by atoms with Gasteiger partial charge in [-0.2, -0.15) is 0 Å². The highest BCUT2D eigenvalue weighted by Crippen LogP contribution is 2.39. The van der Waals surface area contributed by atoms with Gasteiger partial charge in [-0.3, -0.25) is 19.1 Å². The van der Waals surface area contributed by atoms with Crippen molar-refractivity contribution in [1.82, 2.24) is 9.55 Å². The summed E-state index contributed by atoms with van der Waals surface area (Å²) < 4.78 is 8.75. The Morgan fingerprint density at radius 3 is 2.14 bits per heavy atom. The Kier molecular flexibility index (Phi) is 7.26. The van der Waals surface area contributed by atoms with E-state index in [-0.39, 0.29) is 21.5 Å². The number of aromatic amines is 1. The van der Waals surface area contributed by atoms with E-state index in [1.54, 1.807) is 6.08 Å². The first kappa shape index (κ1) is 25.3. The number of hydrogen-bond donors (Lipinski definition) is 1. The maximum atomic E-state index is 12.4. The molecule has 1 aliphatic rings. The number of allylic oxidation sites excluding steroid dienone is 1. The largest absolute Gasteiger partial charge is 0.407 e. The van der Waals surface area contributed by atoms with E-state index in [0.717, 1.165) is 6.29 Å². The number of rotatable bonds is 7. The number of nitrogens with one attached hydrogen (secondary N) is 1. The van der Waals surface area contributed by atoms with E-state index in [0.29, 0.717) is 18.6 Å². The number of aldehydes is 1. The molecule has 0 bridgehead atoms. The molecule has 0 fully saturated rings. The molecule has 1 aromatic heterocycles. The number of carbonyl (C=O) groups excluding carboxylic acids is 1. The average molecular weight is 554 g/mol. The molecule has 0 saturated heterocycles. The van der Waals surface area contributed by atoms with Gasteiger partial charge in [0, 0.05) is 18.7 Å². The molecule has 2 aromatic carbocycles. The molecule has 1 heterocycles. The van der Waals surface area contributed by atoms with E-state index >= 15 is 0 Å². The van der Waals surface area contributed by atoms with Gasteiger partial charge in [0.05, 0.1) is 10.5 Å². The van der Waals surface area contributed by atoms with Gasteiger partial charge >= 0.3 is 5.69 Å². The Hall–Kier alpha value is -2.81. The highest BCUT2D eigenvalue weighted by Gasteiger charge is 2.50. The van der Waals surface area contributed by atoms with Crippen LogP contribution in [0.3, 0.4) is 0 Å². The van der Waals surface area contributed by atoms with Crippen molar-refractivity contribution in [3.8, 4) is 0 Å². The van der Waals surface area contributed by atoms with Crippen molar-refractivity contribution in [3.05, 3.63) is 104 Å². The fourth-order valence-electron chi connectivity index (χ4n) is 5.04. The van der Waals surface area contributed by atoms with Crippen molar-refractivity contribution < 1.29 is 9.22 Å². The fraction of sp³-hybridized carbons (Fsp3) is 0.296. The summed E-state index contributed by atoms with van der Waals surface area (Å²) in [5.41, 5.74) is -0.365. The summed E-state index contributed by atoms with van der Waals surface area (Å²) in [5.74, 6) is -0.170. The summed E-state index contributed by atoms with van der Waals surface area (Å²) in [6.07, 6.45) is 4.67. The average Bonchev–Trinajstić information content (AvgIpc) is 3.25. The van der Waals surface area contributed by atoms with Gasteiger partial charge in [0.2, 0.25) is 0 Å². The van der Waals surface area contributed by atoms with E-state index in [9.17, 15) is 14.4 Å². The summed E-state index contributed by atoms with van der Waals surface area (Å²) in [6, 6.07) is 20.4. The molecule has 35 heavy (non-hydrogen) atoms. The monoisotopic (exact) mass is 552 g/mol. The van der Waals surface area contributed by atoms with Gasteiger partial charge in [-0.15, -0.1) is 0 Å². The maximum absolute atomic E-state index is 12.4. The Labute approximate surface area is 213 Å². The molecule has 1 N–H and O–H groups in total. The molecular weight excluding hydrogens is 524 g/mol. The van der Waals surface area contributed by atoms with Crippen LogP contribution in [0.5, 0.6) is 0 Å². The lowest BCUT2D eigenvalue weighted by Gasteiger charge is -2.43. The number of hydrogen-bond acceptors (Lipinski definition) is 4. The maximum Gasteiger partial charge on any atom is 0.328 e. The summed E-state index contributed by atoms with van der Waals surface area (Å²) in [5, 5.41) is 2.16. The second-order valence-corrected chi connectivity index (χ2v) is 15.1. The summed E-state index contributed by atoms with van der Waals surface area (Å²) in [4.78, 5) is 38.5. The molecule has 1 aliphatic carbocycles. The van der Waals surface area contributed by atoms with Crippen molar-refractivity contribution in [1.29, 1.82) is 0 Å². The van der Waals surface area contributed by atoms with Crippen molar-refractivity contribution in [3.63, 3.8) is 0 Å². The molecule has 3 aromatic rings. The number of benzene rings is 2. The second kappa shape index (κ2) is 10.0. The van der Waals surface area contributed by atoms with Crippen LogP contribution in [-0.2, 0) is 9.22 Å². The minimum Gasteiger partial charge on any atom is -0.407 e. The fourth-order valence-corrected chi connectivity index (χ4v) is 9.97. The lowest BCUT2D eigenvalue weighted by molar-refractivity contribution is -0.105. The van der Waals surface area contributed by atoms with Gasteiger partial charge in [0.1, 0.15) is 6.29 Å². The minimum absolute atomic E-state index is 0.170. The van der Waals surface area contributed by atoms with Crippen molar-refractivity contribution in [2.75, 3.05) is 6.61 Å². The van der Waals surface area contributed by atoms with Gasteiger partial charge in [0.25, 0.3) is 13.9 Å². The van der Waals surface area contributed by atoms with Crippen LogP contribution in [0.2, 0.25) is 5.04 Å². The van der Waals surface area contributed by atoms with E-state index in [1.165, 1.54) is 21.1 Å². The van der Waals surface area contributed by atoms with Crippen LogP contribution >= 0.6 is 15.9 Å². The SMILES string of the molecule is CC(C)(C)[Si](OC[C@H]1C[C@@H](n2cc(Br)c(=O)[nH]c2=O)C=C1C=O)(c1ccccc1)c1ccccc1. The van der Waals surface area contributed by atoms with Gasteiger partial charge < -0.3 is 4.43 Å². The van der Waals surface area contributed by atoms with Gasteiger partial charge in [0.15, 0.2) is 0 Å². The smallest absolute Gasteiger partial charge is 0.328 e. The third kappa shape index (κ3) is 4.83. The zero-order valence-electron chi connectivity index (χ0n) is 20.0. The van der Waals surface area contributed by atoms with Crippen LogP contribution in [-0.4, -0.2) is 30.8 Å². The highest BCUT2D eigenvalue weighted by molar-refractivity contribution is 9.10. The Morgan fingerprint density at radius 1 is 1.06 bits per heavy atom.